The fourth-order valence-corrected chi connectivity index (χ4v) is 2.99. The third kappa shape index (κ3) is 9.40. The molecule has 0 fully saturated rings. The van der Waals surface area contributed by atoms with Crippen molar-refractivity contribution in [3.8, 4) is 17.2 Å². The zero-order valence-electron chi connectivity index (χ0n) is 20.0. The van der Waals surface area contributed by atoms with Gasteiger partial charge in [0.15, 0.2) is 0 Å². The number of carboxylic acids is 2. The van der Waals surface area contributed by atoms with E-state index < -0.39 is 24.3 Å². The van der Waals surface area contributed by atoms with Crippen molar-refractivity contribution in [2.75, 3.05) is 0 Å². The summed E-state index contributed by atoms with van der Waals surface area (Å²) >= 11 is 0. The Kier molecular flexibility index (Phi) is 10.3. The van der Waals surface area contributed by atoms with Crippen LogP contribution in [0.2, 0.25) is 0 Å². The summed E-state index contributed by atoms with van der Waals surface area (Å²) < 4.78 is 63.5. The number of halogens is 6. The van der Waals surface area contributed by atoms with Gasteiger partial charge in [-0.2, -0.15) is 31.6 Å². The number of fused-ring (bicyclic) bond motifs is 1. The SMILES string of the molecule is N#Cc1ccc(C[C@H](N)c2nc3ccc(-c4ccncc4)cc3[nH]2)cc1.O=C(O)C(F)(F)F.O=C(O)C(F)(F)F. The number of nitrogens with one attached hydrogen (secondary N) is 1. The second kappa shape index (κ2) is 13.2. The van der Waals surface area contributed by atoms with E-state index in [9.17, 15) is 26.3 Å². The van der Waals surface area contributed by atoms with Crippen molar-refractivity contribution in [2.24, 2.45) is 5.73 Å². The van der Waals surface area contributed by atoms with Gasteiger partial charge in [0.1, 0.15) is 5.82 Å². The monoisotopic (exact) mass is 567 g/mol. The normalized spacial score (nSPS) is 11.8. The number of hydrogen-bond acceptors (Lipinski definition) is 6. The molecular formula is C25H19F6N5O4. The largest absolute Gasteiger partial charge is 0.490 e. The maximum atomic E-state index is 10.6. The molecule has 210 valence electrons. The molecule has 0 aliphatic heterocycles. The van der Waals surface area contributed by atoms with E-state index in [0.717, 1.165) is 33.5 Å². The summed E-state index contributed by atoms with van der Waals surface area (Å²) in [7, 11) is 0. The van der Waals surface area contributed by atoms with E-state index in [4.69, 9.17) is 30.8 Å². The first-order valence-electron chi connectivity index (χ1n) is 10.9. The topological polar surface area (TPSA) is 166 Å². The van der Waals surface area contributed by atoms with Crippen LogP contribution in [-0.4, -0.2) is 49.5 Å². The van der Waals surface area contributed by atoms with E-state index >= 15 is 0 Å². The Balaban J connectivity index is 0.000000333. The number of hydrogen-bond donors (Lipinski definition) is 4. The molecule has 0 saturated heterocycles. The second-order valence-electron chi connectivity index (χ2n) is 7.82. The molecular weight excluding hydrogens is 548 g/mol. The third-order valence-corrected chi connectivity index (χ3v) is 4.89. The van der Waals surface area contributed by atoms with Crippen LogP contribution in [0.3, 0.4) is 0 Å². The number of rotatable bonds is 4. The van der Waals surface area contributed by atoms with Crippen LogP contribution in [0, 0.1) is 11.3 Å². The van der Waals surface area contributed by atoms with Crippen LogP contribution in [-0.2, 0) is 16.0 Å². The van der Waals surface area contributed by atoms with Crippen LogP contribution in [0.5, 0.6) is 0 Å². The van der Waals surface area contributed by atoms with Gasteiger partial charge in [0.25, 0.3) is 0 Å². The minimum Gasteiger partial charge on any atom is -0.475 e. The van der Waals surface area contributed by atoms with Gasteiger partial charge in [-0.1, -0.05) is 18.2 Å². The van der Waals surface area contributed by atoms with Crippen LogP contribution < -0.4 is 5.73 Å². The van der Waals surface area contributed by atoms with Crippen molar-refractivity contribution in [3.63, 3.8) is 0 Å². The Labute approximate surface area is 221 Å². The van der Waals surface area contributed by atoms with Gasteiger partial charge in [-0.05, 0) is 59.5 Å². The van der Waals surface area contributed by atoms with Crippen molar-refractivity contribution in [2.45, 2.75) is 24.8 Å². The second-order valence-corrected chi connectivity index (χ2v) is 7.82. The third-order valence-electron chi connectivity index (χ3n) is 4.89. The lowest BCUT2D eigenvalue weighted by molar-refractivity contribution is -0.193. The molecule has 0 saturated carbocycles. The van der Waals surface area contributed by atoms with Gasteiger partial charge in [-0.3, -0.25) is 4.98 Å². The van der Waals surface area contributed by atoms with Crippen molar-refractivity contribution in [1.29, 1.82) is 5.26 Å². The molecule has 15 heteroatoms. The highest BCUT2D eigenvalue weighted by atomic mass is 19.4. The fraction of sp³-hybridized carbons (Fsp3) is 0.160. The average Bonchev–Trinajstić information content (AvgIpc) is 3.33. The summed E-state index contributed by atoms with van der Waals surface area (Å²) in [6.07, 6.45) is -5.94. The molecule has 0 unspecified atom stereocenters. The molecule has 9 nitrogen and oxygen atoms in total. The smallest absolute Gasteiger partial charge is 0.475 e. The standard InChI is InChI=1S/C21H17N5.2C2HF3O2/c22-13-15-3-1-14(2-4-15)11-18(23)21-25-19-6-5-17(12-20(19)26-21)16-7-9-24-10-8-16;2*3-2(4,5)1(6)7/h1-10,12,18H,11,23H2,(H,25,26);2*(H,6,7)/t18-;;/m0../s1. The Morgan fingerprint density at radius 1 is 0.900 bits per heavy atom. The summed E-state index contributed by atoms with van der Waals surface area (Å²) in [5.74, 6) is -4.75. The minimum atomic E-state index is -5.08. The molecule has 0 bridgehead atoms. The number of carbonyl (C=O) groups is 2. The number of nitrogens with zero attached hydrogens (tertiary/aromatic N) is 3. The molecule has 0 spiro atoms. The van der Waals surface area contributed by atoms with E-state index in [2.05, 4.69) is 33.2 Å². The van der Waals surface area contributed by atoms with Crippen LogP contribution in [0.4, 0.5) is 26.3 Å². The molecule has 40 heavy (non-hydrogen) atoms. The van der Waals surface area contributed by atoms with Crippen LogP contribution in [0.1, 0.15) is 23.0 Å². The number of nitriles is 1. The predicted molar refractivity (Wildman–Crippen MR) is 128 cm³/mol. The van der Waals surface area contributed by atoms with Gasteiger partial charge in [0.2, 0.25) is 0 Å². The molecule has 0 amide bonds. The van der Waals surface area contributed by atoms with Crippen molar-refractivity contribution in [3.05, 3.63) is 83.9 Å². The van der Waals surface area contributed by atoms with Gasteiger partial charge in [-0.25, -0.2) is 14.6 Å². The van der Waals surface area contributed by atoms with Crippen molar-refractivity contribution < 1.29 is 46.1 Å². The first kappa shape index (κ1) is 31.2. The zero-order valence-corrected chi connectivity index (χ0v) is 20.0. The van der Waals surface area contributed by atoms with Crippen LogP contribution in [0.15, 0.2) is 67.0 Å². The summed E-state index contributed by atoms with van der Waals surface area (Å²) in [6, 6.07) is 19.5. The molecule has 2 aromatic carbocycles. The number of H-pyrrole nitrogens is 1. The maximum absolute atomic E-state index is 10.6. The summed E-state index contributed by atoms with van der Waals surface area (Å²) in [6.45, 7) is 0. The van der Waals surface area contributed by atoms with Gasteiger partial charge in [0, 0.05) is 12.4 Å². The van der Waals surface area contributed by atoms with Gasteiger partial charge >= 0.3 is 24.3 Å². The number of aliphatic carboxylic acids is 2. The Morgan fingerprint density at radius 3 is 1.90 bits per heavy atom. The zero-order chi connectivity index (χ0) is 30.1. The first-order valence-corrected chi connectivity index (χ1v) is 10.9. The van der Waals surface area contributed by atoms with Crippen LogP contribution >= 0.6 is 0 Å². The number of carboxylic acid groups (broad SMARTS) is 2. The molecule has 4 aromatic rings. The highest BCUT2D eigenvalue weighted by Crippen LogP contribution is 2.24. The fourth-order valence-electron chi connectivity index (χ4n) is 2.99. The Hall–Kier alpha value is -4.97. The molecule has 2 heterocycles. The first-order chi connectivity index (χ1) is 18.6. The molecule has 2 aromatic heterocycles. The quantitative estimate of drug-likeness (QED) is 0.250. The van der Waals surface area contributed by atoms with Crippen molar-refractivity contribution >= 4 is 23.0 Å². The molecule has 4 rings (SSSR count). The lowest BCUT2D eigenvalue weighted by Crippen LogP contribution is -2.21. The van der Waals surface area contributed by atoms with E-state index in [1.54, 1.807) is 12.4 Å². The number of aromatic amines is 1. The Bertz CT molecular complexity index is 1460. The van der Waals surface area contributed by atoms with E-state index in [-0.39, 0.29) is 6.04 Å². The summed E-state index contributed by atoms with van der Waals surface area (Å²) in [5.41, 5.74) is 12.1. The number of alkyl halides is 6. The number of imidazole rings is 1. The van der Waals surface area contributed by atoms with E-state index in [1.807, 2.05) is 42.5 Å². The molecule has 0 radical (unpaired) electrons. The highest BCUT2D eigenvalue weighted by molar-refractivity contribution is 5.82. The van der Waals surface area contributed by atoms with Gasteiger partial charge in [0.05, 0.1) is 28.7 Å². The van der Waals surface area contributed by atoms with Crippen molar-refractivity contribution in [1.82, 2.24) is 15.0 Å². The lowest BCUT2D eigenvalue weighted by Gasteiger charge is -2.08. The number of aromatic nitrogens is 3. The minimum absolute atomic E-state index is 0.236. The van der Waals surface area contributed by atoms with Crippen LogP contribution in [0.25, 0.3) is 22.2 Å². The number of pyridine rings is 1. The van der Waals surface area contributed by atoms with Gasteiger partial charge < -0.3 is 20.9 Å². The maximum Gasteiger partial charge on any atom is 0.490 e. The lowest BCUT2D eigenvalue weighted by atomic mass is 10.0. The molecule has 0 aliphatic carbocycles. The molecule has 0 aliphatic rings. The number of nitrogens with two attached hydrogens (primary N) is 1. The molecule has 5 N–H and O–H groups in total. The summed E-state index contributed by atoms with van der Waals surface area (Å²) in [4.78, 5) is 29.8. The van der Waals surface area contributed by atoms with E-state index in [1.165, 1.54) is 0 Å². The predicted octanol–water partition coefficient (Wildman–Crippen LogP) is 5.01. The van der Waals surface area contributed by atoms with Gasteiger partial charge in [-0.15, -0.1) is 0 Å². The average molecular weight is 567 g/mol. The highest BCUT2D eigenvalue weighted by Gasteiger charge is 2.38. The molecule has 1 atom stereocenters. The number of benzene rings is 2. The Morgan fingerprint density at radius 2 is 1.43 bits per heavy atom. The summed E-state index contributed by atoms with van der Waals surface area (Å²) in [5, 5.41) is 23.1. The van der Waals surface area contributed by atoms with E-state index in [0.29, 0.717) is 12.0 Å².